The van der Waals surface area contributed by atoms with Gasteiger partial charge >= 0.3 is 5.97 Å². The maximum Gasteiger partial charge on any atom is 0.349 e. The lowest BCUT2D eigenvalue weighted by Gasteiger charge is -2.47. The van der Waals surface area contributed by atoms with E-state index in [0.29, 0.717) is 4.90 Å². The van der Waals surface area contributed by atoms with Gasteiger partial charge in [0, 0.05) is 33.5 Å². The molecule has 0 spiro atoms. The molecule has 0 aromatic heterocycles. The molecule has 34 heavy (non-hydrogen) atoms. The second kappa shape index (κ2) is 12.6. The molecule has 1 fully saturated rings. The maximum atomic E-state index is 12.9. The topological polar surface area (TPSA) is 211 Å². The third-order valence-electron chi connectivity index (χ3n) is 5.36. The first-order valence-electron chi connectivity index (χ1n) is 10.3. The van der Waals surface area contributed by atoms with Gasteiger partial charge in [0.1, 0.15) is 11.9 Å². The molecule has 0 bridgehead atoms. The maximum absolute atomic E-state index is 12.9. The average Bonchev–Trinajstić information content (AvgIpc) is 2.83. The predicted molar refractivity (Wildman–Crippen MR) is 120 cm³/mol. The Labute approximate surface area is 199 Å². The number of esters is 1. The quantitative estimate of drug-likeness (QED) is 0.179. The molecule has 1 aromatic carbocycles. The minimum atomic E-state index is -1.81. The number of aliphatic hydroxyl groups is 3. The molecule has 0 saturated carbocycles. The van der Waals surface area contributed by atoms with Crippen LogP contribution in [0.15, 0.2) is 39.4 Å². The molecule has 1 aliphatic rings. The third-order valence-corrected chi connectivity index (χ3v) is 6.62. The lowest BCUT2D eigenvalue weighted by Crippen LogP contribution is -2.60. The minimum Gasteiger partial charge on any atom is -0.466 e. The van der Waals surface area contributed by atoms with Gasteiger partial charge in [-0.25, -0.2) is 4.79 Å². The summed E-state index contributed by atoms with van der Waals surface area (Å²) in [6.07, 6.45) is -6.76. The average molecular weight is 495 g/mol. The molecule has 13 nitrogen and oxygen atoms in total. The van der Waals surface area contributed by atoms with Crippen molar-refractivity contribution in [1.29, 1.82) is 0 Å². The van der Waals surface area contributed by atoms with Crippen molar-refractivity contribution in [2.24, 2.45) is 16.1 Å². The Morgan fingerprint density at radius 2 is 1.91 bits per heavy atom. The Morgan fingerprint density at radius 1 is 1.26 bits per heavy atom. The van der Waals surface area contributed by atoms with Crippen molar-refractivity contribution in [1.82, 2.24) is 0 Å². The fraction of sp³-hybridized carbons (Fsp3) is 0.600. The number of ketones is 1. The van der Waals surface area contributed by atoms with E-state index in [9.17, 15) is 24.9 Å². The van der Waals surface area contributed by atoms with Crippen molar-refractivity contribution in [3.8, 4) is 0 Å². The number of azide groups is 2. The molecule has 2 rings (SSSR count). The van der Waals surface area contributed by atoms with E-state index in [0.717, 1.165) is 24.4 Å². The van der Waals surface area contributed by atoms with Gasteiger partial charge in [-0.3, -0.25) is 4.79 Å². The number of carbonyl (C=O) groups excluding carboxylic acids is 2. The Bertz CT molecular complexity index is 967. The monoisotopic (exact) mass is 494 g/mol. The zero-order chi connectivity index (χ0) is 25.3. The summed E-state index contributed by atoms with van der Waals surface area (Å²) in [5.74, 6) is -2.44. The van der Waals surface area contributed by atoms with Crippen LogP contribution in [0.25, 0.3) is 20.9 Å². The highest BCUT2D eigenvalue weighted by Crippen LogP contribution is 2.47. The molecule has 14 heteroatoms. The van der Waals surface area contributed by atoms with E-state index in [2.05, 4.69) is 20.1 Å². The molecule has 1 aromatic rings. The van der Waals surface area contributed by atoms with Crippen LogP contribution in [0.5, 0.6) is 0 Å². The van der Waals surface area contributed by atoms with Gasteiger partial charge in [0.25, 0.3) is 0 Å². The van der Waals surface area contributed by atoms with Gasteiger partial charge in [-0.2, -0.15) is 0 Å². The zero-order valence-electron chi connectivity index (χ0n) is 18.6. The van der Waals surface area contributed by atoms with E-state index in [1.54, 1.807) is 12.1 Å². The van der Waals surface area contributed by atoms with E-state index in [1.807, 2.05) is 19.1 Å². The summed E-state index contributed by atoms with van der Waals surface area (Å²) in [6.45, 7) is 0.897. The van der Waals surface area contributed by atoms with Crippen LogP contribution in [-0.4, -0.2) is 76.6 Å². The van der Waals surface area contributed by atoms with Crippen LogP contribution in [0.2, 0.25) is 0 Å². The number of aliphatic hydroxyl groups excluding tert-OH is 3. The molecule has 0 radical (unpaired) electrons. The lowest BCUT2D eigenvalue weighted by atomic mass is 9.81. The summed E-state index contributed by atoms with van der Waals surface area (Å²) in [6, 6.07) is 7.13. The molecular formula is C20H26N6O7S. The fourth-order valence-corrected chi connectivity index (χ4v) is 4.89. The SMILES string of the molecule is COC(=O)[C@@]1(Sc2ccc(C)cc2)C[C@@H](O)[C@@H](CC(=O)CN=[N+]=[N-])C([C@H](O)[C@H](O)CN=[N+]=[N-])O1. The summed E-state index contributed by atoms with van der Waals surface area (Å²) in [5.41, 5.74) is 17.9. The van der Waals surface area contributed by atoms with Crippen LogP contribution in [0.4, 0.5) is 0 Å². The Morgan fingerprint density at radius 3 is 2.50 bits per heavy atom. The number of benzene rings is 1. The second-order valence-electron chi connectivity index (χ2n) is 7.78. The number of nitrogens with zero attached hydrogens (tertiary/aromatic N) is 6. The van der Waals surface area contributed by atoms with Gasteiger partial charge in [0.2, 0.25) is 4.93 Å². The molecule has 3 N–H and O–H groups in total. The van der Waals surface area contributed by atoms with Gasteiger partial charge in [-0.1, -0.05) is 39.7 Å². The smallest absolute Gasteiger partial charge is 0.349 e. The highest BCUT2D eigenvalue weighted by Gasteiger charge is 2.55. The first kappa shape index (κ1) is 27.4. The van der Waals surface area contributed by atoms with Crippen LogP contribution in [0.3, 0.4) is 0 Å². The molecule has 184 valence electrons. The van der Waals surface area contributed by atoms with Gasteiger partial charge in [-0.15, -0.1) is 0 Å². The Balaban J connectivity index is 2.45. The largest absolute Gasteiger partial charge is 0.466 e. The van der Waals surface area contributed by atoms with Crippen LogP contribution >= 0.6 is 11.8 Å². The molecule has 0 aliphatic carbocycles. The summed E-state index contributed by atoms with van der Waals surface area (Å²) in [7, 11) is 1.15. The number of hydrogen-bond acceptors (Lipinski definition) is 10. The van der Waals surface area contributed by atoms with Gasteiger partial charge in [-0.05, 0) is 30.1 Å². The highest BCUT2D eigenvalue weighted by molar-refractivity contribution is 8.01. The predicted octanol–water partition coefficient (Wildman–Crippen LogP) is 2.02. The van der Waals surface area contributed by atoms with Crippen molar-refractivity contribution in [3.63, 3.8) is 0 Å². The van der Waals surface area contributed by atoms with Crippen molar-refractivity contribution in [2.75, 3.05) is 20.2 Å². The molecule has 0 amide bonds. The molecule has 1 heterocycles. The van der Waals surface area contributed by atoms with Gasteiger partial charge < -0.3 is 24.8 Å². The molecule has 1 unspecified atom stereocenters. The normalized spacial score (nSPS) is 25.9. The Hall–Kier alpha value is -2.83. The minimum absolute atomic E-state index is 0.284. The van der Waals surface area contributed by atoms with E-state index in [4.69, 9.17) is 20.5 Å². The first-order chi connectivity index (χ1) is 16.2. The Kier molecular flexibility index (Phi) is 10.1. The van der Waals surface area contributed by atoms with E-state index < -0.39 is 60.1 Å². The number of ether oxygens (including phenoxy) is 2. The highest BCUT2D eigenvalue weighted by atomic mass is 32.2. The third kappa shape index (κ3) is 6.84. The number of methoxy groups -OCH3 is 1. The lowest BCUT2D eigenvalue weighted by molar-refractivity contribution is -0.214. The summed E-state index contributed by atoms with van der Waals surface area (Å²) in [5, 5.41) is 38.6. The molecule has 1 aliphatic heterocycles. The van der Waals surface area contributed by atoms with Gasteiger partial charge in [0.15, 0.2) is 0 Å². The summed E-state index contributed by atoms with van der Waals surface area (Å²) in [4.78, 5) is 29.0. The van der Waals surface area contributed by atoms with Crippen molar-refractivity contribution in [2.45, 2.75) is 54.0 Å². The van der Waals surface area contributed by atoms with E-state index in [-0.39, 0.29) is 12.8 Å². The summed E-state index contributed by atoms with van der Waals surface area (Å²) < 4.78 is 11.0. The molecular weight excluding hydrogens is 468 g/mol. The van der Waals surface area contributed by atoms with Crippen molar-refractivity contribution < 1.29 is 34.4 Å². The van der Waals surface area contributed by atoms with Crippen LogP contribution in [0, 0.1) is 12.8 Å². The number of carbonyl (C=O) groups is 2. The van der Waals surface area contributed by atoms with Crippen LogP contribution in [-0.2, 0) is 19.1 Å². The van der Waals surface area contributed by atoms with Crippen molar-refractivity contribution in [3.05, 3.63) is 50.7 Å². The first-order valence-corrected chi connectivity index (χ1v) is 11.1. The molecule has 1 saturated heterocycles. The number of Topliss-reactive ketones (excluding diaryl/α,β-unsaturated/α-hetero) is 1. The van der Waals surface area contributed by atoms with Crippen molar-refractivity contribution >= 4 is 23.5 Å². The zero-order valence-corrected chi connectivity index (χ0v) is 19.4. The van der Waals surface area contributed by atoms with Crippen LogP contribution in [0.1, 0.15) is 18.4 Å². The number of thioether (sulfide) groups is 1. The summed E-state index contributed by atoms with van der Waals surface area (Å²) >= 11 is 0.960. The number of hydrogen-bond donors (Lipinski definition) is 3. The standard InChI is InChI=1S/C20H26N6O7S/c1-11-3-5-13(6-4-11)34-20(19(31)32-2)8-15(28)14(7-12(27)9-23-25-21)18(33-20)17(30)16(29)10-24-26-22/h3-6,14-18,28-30H,7-10H2,1-2H3/t14-,15-,16-,17-,18?,20+/m1/s1. The fourth-order valence-electron chi connectivity index (χ4n) is 3.65. The van der Waals surface area contributed by atoms with E-state index >= 15 is 0 Å². The molecule has 6 atom stereocenters. The number of aryl methyl sites for hydroxylation is 1. The number of rotatable bonds is 11. The van der Waals surface area contributed by atoms with Gasteiger partial charge in [0.05, 0.1) is 38.5 Å². The van der Waals surface area contributed by atoms with E-state index in [1.165, 1.54) is 0 Å². The second-order valence-corrected chi connectivity index (χ2v) is 9.12. The van der Waals surface area contributed by atoms with Crippen LogP contribution < -0.4 is 0 Å².